The van der Waals surface area contributed by atoms with E-state index in [1.54, 1.807) is 7.11 Å². The largest absolute Gasteiger partial charge is 0.495 e. The fourth-order valence-corrected chi connectivity index (χ4v) is 1.82. The van der Waals surface area contributed by atoms with Gasteiger partial charge < -0.3 is 15.4 Å². The molecule has 0 fully saturated rings. The lowest BCUT2D eigenvalue weighted by atomic mass is 10.2. The van der Waals surface area contributed by atoms with Gasteiger partial charge in [0, 0.05) is 13.1 Å². The van der Waals surface area contributed by atoms with Crippen LogP contribution in [0.3, 0.4) is 0 Å². The number of rotatable bonds is 4. The summed E-state index contributed by atoms with van der Waals surface area (Å²) in [7, 11) is 3.49. The molecule has 100 valence electrons. The molecule has 0 aliphatic carbocycles. The monoisotopic (exact) mass is 258 g/mol. The molecule has 19 heavy (non-hydrogen) atoms. The number of aromatic nitrogens is 2. The maximum atomic E-state index is 5.34. The van der Waals surface area contributed by atoms with Gasteiger partial charge in [-0.3, -0.25) is 0 Å². The molecule has 0 unspecified atom stereocenters. The summed E-state index contributed by atoms with van der Waals surface area (Å²) in [6.07, 6.45) is 0. The van der Waals surface area contributed by atoms with Gasteiger partial charge in [-0.2, -0.15) is 0 Å². The van der Waals surface area contributed by atoms with Crippen LogP contribution in [-0.4, -0.2) is 24.1 Å². The van der Waals surface area contributed by atoms with Crippen LogP contribution in [0.2, 0.25) is 0 Å². The van der Waals surface area contributed by atoms with Crippen molar-refractivity contribution in [2.45, 2.75) is 13.8 Å². The first-order chi connectivity index (χ1) is 9.12. The van der Waals surface area contributed by atoms with Crippen molar-refractivity contribution >= 4 is 17.3 Å². The molecule has 0 aliphatic rings. The Bertz CT molecular complexity index is 584. The second-order valence-electron chi connectivity index (χ2n) is 4.26. The molecule has 1 heterocycles. The lowest BCUT2D eigenvalue weighted by molar-refractivity contribution is 0.416. The number of methoxy groups -OCH3 is 1. The molecule has 1 aromatic heterocycles. The van der Waals surface area contributed by atoms with Crippen LogP contribution in [-0.2, 0) is 0 Å². The highest BCUT2D eigenvalue weighted by Gasteiger charge is 2.06. The van der Waals surface area contributed by atoms with E-state index in [2.05, 4.69) is 20.6 Å². The van der Waals surface area contributed by atoms with Crippen LogP contribution in [0.15, 0.2) is 24.3 Å². The average Bonchev–Trinajstić information content (AvgIpc) is 2.38. The van der Waals surface area contributed by atoms with Gasteiger partial charge in [0.15, 0.2) is 0 Å². The van der Waals surface area contributed by atoms with Crippen molar-refractivity contribution in [2.24, 2.45) is 0 Å². The van der Waals surface area contributed by atoms with Crippen molar-refractivity contribution in [3.63, 3.8) is 0 Å². The Labute approximate surface area is 113 Å². The van der Waals surface area contributed by atoms with Crippen molar-refractivity contribution in [1.82, 2.24) is 9.97 Å². The fraction of sp³-hybridized carbons (Fsp3) is 0.286. The molecular weight excluding hydrogens is 240 g/mol. The molecule has 0 bridgehead atoms. The van der Waals surface area contributed by atoms with Gasteiger partial charge in [-0.25, -0.2) is 9.97 Å². The molecule has 0 saturated carbocycles. The van der Waals surface area contributed by atoms with E-state index in [1.165, 1.54) is 0 Å². The molecule has 2 rings (SSSR count). The summed E-state index contributed by atoms with van der Waals surface area (Å²) in [6, 6.07) is 7.82. The highest BCUT2D eigenvalue weighted by Crippen LogP contribution is 2.28. The van der Waals surface area contributed by atoms with Crippen LogP contribution in [0.4, 0.5) is 17.3 Å². The van der Waals surface area contributed by atoms with Crippen LogP contribution < -0.4 is 15.4 Å². The van der Waals surface area contributed by atoms with Gasteiger partial charge >= 0.3 is 0 Å². The van der Waals surface area contributed by atoms with Crippen molar-refractivity contribution in [3.05, 3.63) is 35.7 Å². The number of nitrogens with zero attached hydrogens (tertiary/aromatic N) is 2. The van der Waals surface area contributed by atoms with Gasteiger partial charge in [0.1, 0.15) is 23.2 Å². The Balaban J connectivity index is 2.35. The quantitative estimate of drug-likeness (QED) is 0.883. The zero-order chi connectivity index (χ0) is 13.8. The van der Waals surface area contributed by atoms with E-state index in [9.17, 15) is 0 Å². The van der Waals surface area contributed by atoms with Crippen LogP contribution in [0.5, 0.6) is 5.75 Å². The van der Waals surface area contributed by atoms with Crippen LogP contribution in [0.1, 0.15) is 11.4 Å². The molecule has 0 amide bonds. The third-order valence-corrected chi connectivity index (χ3v) is 2.71. The summed E-state index contributed by atoms with van der Waals surface area (Å²) < 4.78 is 5.34. The molecule has 0 radical (unpaired) electrons. The van der Waals surface area contributed by atoms with Gasteiger partial charge in [0.2, 0.25) is 0 Å². The van der Waals surface area contributed by atoms with E-state index in [1.807, 2.05) is 45.2 Å². The number of benzene rings is 1. The van der Waals surface area contributed by atoms with E-state index >= 15 is 0 Å². The number of hydrogen-bond acceptors (Lipinski definition) is 5. The van der Waals surface area contributed by atoms with E-state index in [4.69, 9.17) is 4.74 Å². The van der Waals surface area contributed by atoms with E-state index in [-0.39, 0.29) is 0 Å². The van der Waals surface area contributed by atoms with Crippen molar-refractivity contribution in [2.75, 3.05) is 24.8 Å². The summed E-state index contributed by atoms with van der Waals surface area (Å²) in [5.41, 5.74) is 2.05. The third kappa shape index (κ3) is 3.13. The lowest BCUT2D eigenvalue weighted by Crippen LogP contribution is -2.02. The molecule has 5 nitrogen and oxygen atoms in total. The second kappa shape index (κ2) is 5.56. The summed E-state index contributed by atoms with van der Waals surface area (Å²) in [6.45, 7) is 3.90. The first-order valence-electron chi connectivity index (χ1n) is 6.07. The van der Waals surface area contributed by atoms with Gasteiger partial charge in [-0.1, -0.05) is 6.07 Å². The maximum Gasteiger partial charge on any atom is 0.142 e. The first kappa shape index (κ1) is 13.1. The van der Waals surface area contributed by atoms with Crippen LogP contribution >= 0.6 is 0 Å². The van der Waals surface area contributed by atoms with Gasteiger partial charge in [-0.15, -0.1) is 0 Å². The predicted octanol–water partition coefficient (Wildman–Crippen LogP) is 2.89. The number of anilines is 3. The minimum atomic E-state index is 0.709. The van der Waals surface area contributed by atoms with Crippen LogP contribution in [0.25, 0.3) is 0 Å². The summed E-state index contributed by atoms with van der Waals surface area (Å²) in [4.78, 5) is 8.62. The van der Waals surface area contributed by atoms with E-state index in [0.717, 1.165) is 28.6 Å². The molecule has 0 spiro atoms. The smallest absolute Gasteiger partial charge is 0.142 e. The molecule has 0 saturated heterocycles. The zero-order valence-corrected chi connectivity index (χ0v) is 11.6. The molecular formula is C14H18N4O. The Kier molecular flexibility index (Phi) is 3.85. The standard InChI is InChI=1S/C14H18N4O/c1-9-5-6-12(19-4)11(7-9)18-14-8-13(15-3)16-10(2)17-14/h5-8H,1-4H3,(H2,15,16,17,18). The zero-order valence-electron chi connectivity index (χ0n) is 11.6. The molecule has 2 N–H and O–H groups in total. The van der Waals surface area contributed by atoms with E-state index in [0.29, 0.717) is 5.82 Å². The average molecular weight is 258 g/mol. The normalized spacial score (nSPS) is 10.1. The summed E-state index contributed by atoms with van der Waals surface area (Å²) >= 11 is 0. The number of ether oxygens (including phenoxy) is 1. The maximum absolute atomic E-state index is 5.34. The Hall–Kier alpha value is -2.30. The number of nitrogens with one attached hydrogen (secondary N) is 2. The molecule has 1 aromatic carbocycles. The number of hydrogen-bond donors (Lipinski definition) is 2. The van der Waals surface area contributed by atoms with Crippen molar-refractivity contribution < 1.29 is 4.74 Å². The topological polar surface area (TPSA) is 59.1 Å². The van der Waals surface area contributed by atoms with Crippen molar-refractivity contribution in [3.8, 4) is 5.75 Å². The fourth-order valence-electron chi connectivity index (χ4n) is 1.82. The van der Waals surface area contributed by atoms with Crippen molar-refractivity contribution in [1.29, 1.82) is 0 Å². The van der Waals surface area contributed by atoms with Gasteiger partial charge in [0.05, 0.1) is 12.8 Å². The Morgan fingerprint density at radius 2 is 1.79 bits per heavy atom. The second-order valence-corrected chi connectivity index (χ2v) is 4.26. The first-order valence-corrected chi connectivity index (χ1v) is 6.07. The highest BCUT2D eigenvalue weighted by atomic mass is 16.5. The van der Waals surface area contributed by atoms with Gasteiger partial charge in [0.25, 0.3) is 0 Å². The Morgan fingerprint density at radius 1 is 1.05 bits per heavy atom. The number of aryl methyl sites for hydroxylation is 2. The third-order valence-electron chi connectivity index (χ3n) is 2.71. The molecule has 0 atom stereocenters. The Morgan fingerprint density at radius 3 is 2.47 bits per heavy atom. The summed E-state index contributed by atoms with van der Waals surface area (Å²) in [5, 5.41) is 6.28. The van der Waals surface area contributed by atoms with E-state index < -0.39 is 0 Å². The SMILES string of the molecule is CNc1cc(Nc2cc(C)ccc2OC)nc(C)n1. The lowest BCUT2D eigenvalue weighted by Gasteiger charge is -2.12. The summed E-state index contributed by atoms with van der Waals surface area (Å²) in [5.74, 6) is 3.01. The van der Waals surface area contributed by atoms with Gasteiger partial charge in [-0.05, 0) is 31.5 Å². The van der Waals surface area contributed by atoms with Crippen LogP contribution in [0, 0.1) is 13.8 Å². The molecule has 0 aliphatic heterocycles. The molecule has 5 heteroatoms. The predicted molar refractivity (Wildman–Crippen MR) is 77.3 cm³/mol. The minimum absolute atomic E-state index is 0.709. The minimum Gasteiger partial charge on any atom is -0.495 e. The molecule has 2 aromatic rings. The highest BCUT2D eigenvalue weighted by molar-refractivity contribution is 5.66.